The molecule has 19 heavy (non-hydrogen) atoms. The number of aromatic nitrogens is 2. The van der Waals surface area contributed by atoms with Crippen LogP contribution >= 0.6 is 0 Å². The molecule has 0 radical (unpaired) electrons. The zero-order valence-corrected chi connectivity index (χ0v) is 10.9. The monoisotopic (exact) mass is 359 g/mol. The summed E-state index contributed by atoms with van der Waals surface area (Å²) in [5, 5.41) is 31.9. The van der Waals surface area contributed by atoms with Crippen molar-refractivity contribution < 1.29 is 37.7 Å². The molecule has 0 bridgehead atoms. The Hall–Kier alpha value is -2.16. The van der Waals surface area contributed by atoms with E-state index >= 15 is 0 Å². The van der Waals surface area contributed by atoms with E-state index in [-0.39, 0.29) is 33.9 Å². The molecular weight excluding hydrogens is 350 g/mol. The fourth-order valence-corrected chi connectivity index (χ4v) is 0.707. The van der Waals surface area contributed by atoms with Crippen LogP contribution in [-0.4, -0.2) is 25.3 Å². The van der Waals surface area contributed by atoms with Crippen molar-refractivity contribution in [2.75, 3.05) is 0 Å². The molecule has 0 unspecified atom stereocenters. The summed E-state index contributed by atoms with van der Waals surface area (Å²) in [6, 6.07) is 6.50. The second-order valence-electron chi connectivity index (χ2n) is 2.65. The first-order valence-corrected chi connectivity index (χ1v) is 4.52. The molecule has 9 heteroatoms. The molecule has 8 nitrogen and oxygen atoms in total. The Morgan fingerprint density at radius 3 is 1.37 bits per heavy atom. The predicted molar refractivity (Wildman–Crippen MR) is 62.2 cm³/mol. The minimum Gasteiger partial charge on any atom is -0.506 e. The molecule has 0 spiro atoms. The summed E-state index contributed by atoms with van der Waals surface area (Å²) < 4.78 is 0. The number of hydrogen-bond donors (Lipinski definition) is 2. The maximum Gasteiger partial charge on any atom is 1.00 e. The standard InChI is InChI=1S/2C5H5NO.Ag.NO3/c2*7-5-2-1-3-6-4-5;;2-1(3)4/h2*1-4,7H;;/q;;+1;-1. The van der Waals surface area contributed by atoms with Crippen LogP contribution in [0, 0.1) is 15.3 Å². The third kappa shape index (κ3) is 15.8. The van der Waals surface area contributed by atoms with Crippen molar-refractivity contribution in [2.45, 2.75) is 0 Å². The van der Waals surface area contributed by atoms with Crippen molar-refractivity contribution in [1.82, 2.24) is 9.97 Å². The second-order valence-corrected chi connectivity index (χ2v) is 2.65. The summed E-state index contributed by atoms with van der Waals surface area (Å²) >= 11 is 0. The minimum atomic E-state index is -1.75. The topological polar surface area (TPSA) is 132 Å². The molecule has 2 rings (SSSR count). The summed E-state index contributed by atoms with van der Waals surface area (Å²) in [6.45, 7) is 0. The molecule has 0 aliphatic rings. The largest absolute Gasteiger partial charge is 1.00 e. The first kappa shape index (κ1) is 19.2. The van der Waals surface area contributed by atoms with Crippen molar-refractivity contribution in [2.24, 2.45) is 0 Å². The van der Waals surface area contributed by atoms with Crippen LogP contribution in [0.5, 0.6) is 11.5 Å². The fraction of sp³-hybridized carbons (Fsp3) is 0. The van der Waals surface area contributed by atoms with E-state index in [0.717, 1.165) is 0 Å². The van der Waals surface area contributed by atoms with Gasteiger partial charge in [0.1, 0.15) is 11.5 Å². The Bertz CT molecular complexity index is 402. The molecule has 0 amide bonds. The van der Waals surface area contributed by atoms with Crippen molar-refractivity contribution in [3.63, 3.8) is 0 Å². The zero-order chi connectivity index (χ0) is 13.8. The summed E-state index contributed by atoms with van der Waals surface area (Å²) in [7, 11) is 0. The third-order valence-corrected chi connectivity index (χ3v) is 1.29. The van der Waals surface area contributed by atoms with E-state index in [2.05, 4.69) is 9.97 Å². The molecule has 0 aliphatic heterocycles. The van der Waals surface area contributed by atoms with Crippen LogP contribution in [0.2, 0.25) is 0 Å². The molecule has 0 saturated heterocycles. The van der Waals surface area contributed by atoms with Crippen molar-refractivity contribution in [3.8, 4) is 11.5 Å². The van der Waals surface area contributed by atoms with Crippen LogP contribution in [0.4, 0.5) is 0 Å². The first-order chi connectivity index (χ1) is 8.52. The summed E-state index contributed by atoms with van der Waals surface area (Å²) in [5.74, 6) is 0.421. The Balaban J connectivity index is 0. The van der Waals surface area contributed by atoms with Gasteiger partial charge in [-0.3, -0.25) is 9.97 Å². The van der Waals surface area contributed by atoms with Crippen LogP contribution < -0.4 is 0 Å². The number of pyridine rings is 2. The van der Waals surface area contributed by atoms with E-state index in [4.69, 9.17) is 25.5 Å². The summed E-state index contributed by atoms with van der Waals surface area (Å²) in [5.41, 5.74) is 0. The van der Waals surface area contributed by atoms with Crippen LogP contribution in [0.15, 0.2) is 49.1 Å². The molecule has 0 aliphatic carbocycles. The Morgan fingerprint density at radius 1 is 0.947 bits per heavy atom. The van der Waals surface area contributed by atoms with Crippen molar-refractivity contribution in [1.29, 1.82) is 0 Å². The van der Waals surface area contributed by atoms with Crippen LogP contribution in [0.3, 0.4) is 0 Å². The van der Waals surface area contributed by atoms with Gasteiger partial charge in [0.25, 0.3) is 0 Å². The van der Waals surface area contributed by atoms with Gasteiger partial charge in [0, 0.05) is 12.4 Å². The van der Waals surface area contributed by atoms with Crippen molar-refractivity contribution >= 4 is 0 Å². The summed E-state index contributed by atoms with van der Waals surface area (Å²) in [6.07, 6.45) is 6.00. The normalized spacial score (nSPS) is 7.58. The van der Waals surface area contributed by atoms with Gasteiger partial charge < -0.3 is 25.5 Å². The SMILES string of the molecule is O=[N+]([O-])[O-].Oc1cccnc1.Oc1cccnc1.[Ag+]. The average molecular weight is 360 g/mol. The van der Waals surface area contributed by atoms with E-state index in [0.29, 0.717) is 0 Å². The van der Waals surface area contributed by atoms with Gasteiger partial charge in [-0.15, -0.1) is 0 Å². The quantitative estimate of drug-likeness (QED) is 0.411. The predicted octanol–water partition coefficient (Wildman–Crippen LogP) is 1.33. The van der Waals surface area contributed by atoms with Gasteiger partial charge in [-0.1, -0.05) is 0 Å². The van der Waals surface area contributed by atoms with Crippen LogP contribution in [-0.2, 0) is 22.4 Å². The van der Waals surface area contributed by atoms with E-state index in [1.807, 2.05) is 0 Å². The third-order valence-electron chi connectivity index (χ3n) is 1.29. The molecule has 0 atom stereocenters. The van der Waals surface area contributed by atoms with E-state index < -0.39 is 5.09 Å². The number of hydrogen-bond acceptors (Lipinski definition) is 7. The maximum absolute atomic E-state index is 8.57. The molecule has 2 heterocycles. The zero-order valence-electron chi connectivity index (χ0n) is 9.38. The molecule has 0 fully saturated rings. The Kier molecular flexibility index (Phi) is 12.4. The van der Waals surface area contributed by atoms with Crippen molar-refractivity contribution in [3.05, 3.63) is 64.4 Å². The number of rotatable bonds is 0. The van der Waals surface area contributed by atoms with Gasteiger partial charge >= 0.3 is 22.4 Å². The molecule has 0 saturated carbocycles. The molecule has 0 aromatic carbocycles. The number of nitrogens with zero attached hydrogens (tertiary/aromatic N) is 3. The first-order valence-electron chi connectivity index (χ1n) is 4.52. The van der Waals surface area contributed by atoms with Gasteiger partial charge in [-0.05, 0) is 24.3 Å². The Labute approximate surface area is 124 Å². The van der Waals surface area contributed by atoms with Gasteiger partial charge in [0.05, 0.1) is 17.5 Å². The maximum atomic E-state index is 8.57. The van der Waals surface area contributed by atoms with Gasteiger partial charge in [-0.25, -0.2) is 0 Å². The van der Waals surface area contributed by atoms with Gasteiger partial charge in [-0.2, -0.15) is 0 Å². The van der Waals surface area contributed by atoms with Crippen LogP contribution in [0.25, 0.3) is 0 Å². The summed E-state index contributed by atoms with van der Waals surface area (Å²) in [4.78, 5) is 15.5. The molecular formula is C10H10AgN3O5. The van der Waals surface area contributed by atoms with Gasteiger partial charge in [0.15, 0.2) is 0 Å². The molecule has 106 valence electrons. The van der Waals surface area contributed by atoms with E-state index in [1.165, 1.54) is 12.4 Å². The molecule has 2 aromatic rings. The van der Waals surface area contributed by atoms with E-state index in [9.17, 15) is 0 Å². The fourth-order valence-electron chi connectivity index (χ4n) is 0.707. The average Bonchev–Trinajstić information content (AvgIpc) is 2.31. The second kappa shape index (κ2) is 12.3. The Morgan fingerprint density at radius 2 is 1.26 bits per heavy atom. The smallest absolute Gasteiger partial charge is 0.506 e. The van der Waals surface area contributed by atoms with Crippen LogP contribution in [0.1, 0.15) is 0 Å². The minimum absolute atomic E-state index is 0. The number of aromatic hydroxyl groups is 2. The van der Waals surface area contributed by atoms with Gasteiger partial charge in [0.2, 0.25) is 0 Å². The molecule has 2 N–H and O–H groups in total. The molecule has 2 aromatic heterocycles. The van der Waals surface area contributed by atoms with E-state index in [1.54, 1.807) is 36.7 Å².